The van der Waals surface area contributed by atoms with Crippen molar-refractivity contribution in [3.8, 4) is 0 Å². The minimum Gasteiger partial charge on any atom is -0.393 e. The van der Waals surface area contributed by atoms with Gasteiger partial charge in [-0.05, 0) is 7.05 Å². The lowest BCUT2D eigenvalue weighted by atomic mass is 10.2. The zero-order valence-corrected chi connectivity index (χ0v) is 8.37. The molecule has 0 rings (SSSR count). The van der Waals surface area contributed by atoms with Gasteiger partial charge in [0.1, 0.15) is 0 Å². The molecule has 0 saturated heterocycles. The Labute approximate surface area is 80.9 Å². The molecule has 2 N–H and O–H groups in total. The van der Waals surface area contributed by atoms with Gasteiger partial charge in [-0.25, -0.2) is 0 Å². The first-order chi connectivity index (χ1) is 5.72. The van der Waals surface area contributed by atoms with Crippen LogP contribution in [0.2, 0.25) is 0 Å². The Bertz CT molecular complexity index is 181. The molecular weight excluding hydrogens is 201 g/mol. The number of hydrogen-bond acceptors (Lipinski definition) is 2. The normalized spacial score (nSPS) is 14.6. The maximum absolute atomic E-state index is 11.9. The maximum Gasteiger partial charge on any atom is 0.401 e. The van der Waals surface area contributed by atoms with Crippen molar-refractivity contribution in [2.75, 3.05) is 20.1 Å². The zero-order valence-electron chi connectivity index (χ0n) is 7.56. The van der Waals surface area contributed by atoms with Crippen LogP contribution in [0.3, 0.4) is 0 Å². The molecule has 0 aromatic rings. The fourth-order valence-corrected chi connectivity index (χ4v) is 1.00. The molecule has 6 heteroatoms. The monoisotopic (exact) mass is 214 g/mol. The molecule has 0 amide bonds. The van der Waals surface area contributed by atoms with Crippen LogP contribution in [0, 0.1) is 5.92 Å². The average molecular weight is 214 g/mol. The molecule has 0 aliphatic carbocycles. The first-order valence-corrected chi connectivity index (χ1v) is 4.18. The highest BCUT2D eigenvalue weighted by Gasteiger charge is 2.29. The van der Waals surface area contributed by atoms with Crippen LogP contribution in [0.4, 0.5) is 13.2 Å². The molecule has 0 fully saturated rings. The number of rotatable bonds is 4. The van der Waals surface area contributed by atoms with Crippen LogP contribution in [0.25, 0.3) is 0 Å². The van der Waals surface area contributed by atoms with Gasteiger partial charge in [0.05, 0.1) is 11.5 Å². The van der Waals surface area contributed by atoms with Crippen LogP contribution < -0.4 is 5.73 Å². The van der Waals surface area contributed by atoms with Gasteiger partial charge in [-0.3, -0.25) is 4.90 Å². The van der Waals surface area contributed by atoms with Crippen molar-refractivity contribution in [1.29, 1.82) is 0 Å². The van der Waals surface area contributed by atoms with Crippen molar-refractivity contribution >= 4 is 17.2 Å². The summed E-state index contributed by atoms with van der Waals surface area (Å²) >= 11 is 4.65. The smallest absolute Gasteiger partial charge is 0.393 e. The van der Waals surface area contributed by atoms with Crippen molar-refractivity contribution in [1.82, 2.24) is 4.90 Å². The van der Waals surface area contributed by atoms with E-state index < -0.39 is 12.7 Å². The first kappa shape index (κ1) is 12.6. The van der Waals surface area contributed by atoms with Crippen molar-refractivity contribution in [2.45, 2.75) is 13.1 Å². The molecule has 0 saturated carbocycles. The summed E-state index contributed by atoms with van der Waals surface area (Å²) in [7, 11) is 1.39. The molecular formula is C7H13F3N2S. The SMILES string of the molecule is CC(CN(C)CC(F)(F)F)C(N)=S. The van der Waals surface area contributed by atoms with Crippen LogP contribution >= 0.6 is 12.2 Å². The van der Waals surface area contributed by atoms with Gasteiger partial charge in [0, 0.05) is 12.5 Å². The van der Waals surface area contributed by atoms with E-state index in [9.17, 15) is 13.2 Å². The van der Waals surface area contributed by atoms with Gasteiger partial charge >= 0.3 is 6.18 Å². The third-order valence-corrected chi connectivity index (χ3v) is 1.92. The van der Waals surface area contributed by atoms with Crippen LogP contribution in [0.1, 0.15) is 6.92 Å². The zero-order chi connectivity index (χ0) is 10.6. The molecule has 78 valence electrons. The van der Waals surface area contributed by atoms with E-state index in [0.717, 1.165) is 4.90 Å². The lowest BCUT2D eigenvalue weighted by molar-refractivity contribution is -0.143. The molecule has 1 unspecified atom stereocenters. The second kappa shape index (κ2) is 4.76. The number of thiocarbonyl (C=S) groups is 1. The molecule has 0 spiro atoms. The van der Waals surface area contributed by atoms with Gasteiger partial charge in [-0.1, -0.05) is 19.1 Å². The number of alkyl halides is 3. The number of nitrogens with zero attached hydrogens (tertiary/aromatic N) is 1. The third-order valence-electron chi connectivity index (χ3n) is 1.52. The summed E-state index contributed by atoms with van der Waals surface area (Å²) in [5.74, 6) is -0.192. The Hall–Kier alpha value is -0.360. The lowest BCUT2D eigenvalue weighted by Crippen LogP contribution is -2.37. The van der Waals surface area contributed by atoms with Gasteiger partial charge in [0.2, 0.25) is 0 Å². The molecule has 0 aromatic heterocycles. The molecule has 0 aliphatic rings. The van der Waals surface area contributed by atoms with Crippen LogP contribution in [-0.2, 0) is 0 Å². The predicted molar refractivity (Wildman–Crippen MR) is 49.5 cm³/mol. The van der Waals surface area contributed by atoms with Gasteiger partial charge in [0.25, 0.3) is 0 Å². The summed E-state index contributed by atoms with van der Waals surface area (Å²) in [6.45, 7) is 1.00. The van der Waals surface area contributed by atoms with E-state index >= 15 is 0 Å². The van der Waals surface area contributed by atoms with E-state index in [-0.39, 0.29) is 17.5 Å². The Morgan fingerprint density at radius 2 is 2.00 bits per heavy atom. The van der Waals surface area contributed by atoms with E-state index in [1.807, 2.05) is 0 Å². The second-order valence-corrected chi connectivity index (χ2v) is 3.59. The predicted octanol–water partition coefficient (Wildman–Crippen LogP) is 1.40. The Balaban J connectivity index is 3.88. The second-order valence-electron chi connectivity index (χ2n) is 3.12. The number of nitrogens with two attached hydrogens (primary N) is 1. The number of halogens is 3. The average Bonchev–Trinajstić information content (AvgIpc) is 1.81. The topological polar surface area (TPSA) is 29.3 Å². The highest BCUT2D eigenvalue weighted by molar-refractivity contribution is 7.80. The van der Waals surface area contributed by atoms with Crippen LogP contribution in [-0.4, -0.2) is 36.2 Å². The van der Waals surface area contributed by atoms with E-state index in [2.05, 4.69) is 12.2 Å². The van der Waals surface area contributed by atoms with Crippen molar-refractivity contribution in [3.05, 3.63) is 0 Å². The van der Waals surface area contributed by atoms with Gasteiger partial charge in [-0.2, -0.15) is 13.2 Å². The molecule has 2 nitrogen and oxygen atoms in total. The Kier molecular flexibility index (Phi) is 4.63. The summed E-state index contributed by atoms with van der Waals surface area (Å²) in [5, 5.41) is 0. The molecule has 0 bridgehead atoms. The molecule has 13 heavy (non-hydrogen) atoms. The molecule has 0 aromatic carbocycles. The molecule has 0 heterocycles. The van der Waals surface area contributed by atoms with E-state index in [0.29, 0.717) is 0 Å². The molecule has 1 atom stereocenters. The largest absolute Gasteiger partial charge is 0.401 e. The van der Waals surface area contributed by atoms with Crippen molar-refractivity contribution in [2.24, 2.45) is 11.7 Å². The quantitative estimate of drug-likeness (QED) is 0.717. The fraction of sp³-hybridized carbons (Fsp3) is 0.857. The minimum atomic E-state index is -4.16. The minimum absolute atomic E-state index is 0.192. The summed E-state index contributed by atoms with van der Waals surface area (Å²) < 4.78 is 35.6. The highest BCUT2D eigenvalue weighted by atomic mass is 32.1. The summed E-state index contributed by atoms with van der Waals surface area (Å²) in [4.78, 5) is 1.40. The van der Waals surface area contributed by atoms with Gasteiger partial charge < -0.3 is 5.73 Å². The van der Waals surface area contributed by atoms with Gasteiger partial charge in [-0.15, -0.1) is 0 Å². The Morgan fingerprint density at radius 1 is 1.54 bits per heavy atom. The van der Waals surface area contributed by atoms with Crippen LogP contribution in [0.5, 0.6) is 0 Å². The van der Waals surface area contributed by atoms with Crippen LogP contribution in [0.15, 0.2) is 0 Å². The number of hydrogen-bond donors (Lipinski definition) is 1. The summed E-state index contributed by atoms with van der Waals surface area (Å²) in [6.07, 6.45) is -4.16. The summed E-state index contributed by atoms with van der Waals surface area (Å²) in [6, 6.07) is 0. The van der Waals surface area contributed by atoms with Crippen molar-refractivity contribution < 1.29 is 13.2 Å². The van der Waals surface area contributed by atoms with Gasteiger partial charge in [0.15, 0.2) is 0 Å². The third kappa shape index (κ3) is 6.77. The maximum atomic E-state index is 11.9. The standard InChI is InChI=1S/C7H13F3N2S/c1-5(6(11)13)3-12(2)4-7(8,9)10/h5H,3-4H2,1-2H3,(H2,11,13). The molecule has 0 radical (unpaired) electrons. The Morgan fingerprint density at radius 3 is 2.31 bits per heavy atom. The first-order valence-electron chi connectivity index (χ1n) is 3.77. The lowest BCUT2D eigenvalue weighted by Gasteiger charge is -2.21. The highest BCUT2D eigenvalue weighted by Crippen LogP contribution is 2.16. The van der Waals surface area contributed by atoms with E-state index in [4.69, 9.17) is 5.73 Å². The summed E-state index contributed by atoms with van der Waals surface area (Å²) in [5.41, 5.74) is 5.27. The van der Waals surface area contributed by atoms with E-state index in [1.165, 1.54) is 7.05 Å². The van der Waals surface area contributed by atoms with Crippen molar-refractivity contribution in [3.63, 3.8) is 0 Å². The van der Waals surface area contributed by atoms with E-state index in [1.54, 1.807) is 6.92 Å². The molecule has 0 aliphatic heterocycles. The fourth-order valence-electron chi connectivity index (χ4n) is 0.928.